The average molecular weight is 423 g/mol. The van der Waals surface area contributed by atoms with Gasteiger partial charge in [0.1, 0.15) is 6.10 Å². The smallest absolute Gasteiger partial charge is 0.338 e. The maximum Gasteiger partial charge on any atom is 0.338 e. The lowest BCUT2D eigenvalue weighted by Gasteiger charge is -2.30. The Kier molecular flexibility index (Phi) is 6.90. The van der Waals surface area contributed by atoms with E-state index in [2.05, 4.69) is 10.6 Å². The molecule has 1 fully saturated rings. The van der Waals surface area contributed by atoms with Gasteiger partial charge in [0.2, 0.25) is 0 Å². The van der Waals surface area contributed by atoms with Crippen LogP contribution in [0.5, 0.6) is 11.5 Å². The molecule has 29 heavy (non-hydrogen) atoms. The van der Waals surface area contributed by atoms with Crippen LogP contribution in [-0.4, -0.2) is 30.3 Å². The standard InChI is InChI=1S/C21H27ClN2O5/c1-12-17(20(26)29-14-8-6-4-3-5-7-9-14)18(24-21(27)23-12)13-10-15(22)19(25)16(11-13)28-2/h10-11,14,18,25H,3-9H2,1-2H3,(H2,23,24,27). The number of urea groups is 1. The van der Waals surface area contributed by atoms with Gasteiger partial charge in [0.15, 0.2) is 11.5 Å². The second kappa shape index (κ2) is 9.39. The van der Waals surface area contributed by atoms with Gasteiger partial charge in [0.05, 0.1) is 23.7 Å². The Balaban J connectivity index is 1.89. The Morgan fingerprint density at radius 3 is 2.48 bits per heavy atom. The number of nitrogens with one attached hydrogen (secondary N) is 2. The van der Waals surface area contributed by atoms with E-state index < -0.39 is 18.0 Å². The van der Waals surface area contributed by atoms with Crippen molar-refractivity contribution in [2.75, 3.05) is 7.11 Å². The highest BCUT2D eigenvalue weighted by Crippen LogP contribution is 2.39. The van der Waals surface area contributed by atoms with E-state index in [-0.39, 0.29) is 22.6 Å². The van der Waals surface area contributed by atoms with Gasteiger partial charge in [0, 0.05) is 5.70 Å². The number of halogens is 1. The fourth-order valence-corrected chi connectivity index (χ4v) is 4.10. The molecule has 1 aromatic carbocycles. The van der Waals surface area contributed by atoms with Gasteiger partial charge in [-0.05, 0) is 50.3 Å². The number of allylic oxidation sites excluding steroid dienone is 1. The summed E-state index contributed by atoms with van der Waals surface area (Å²) in [4.78, 5) is 25.2. The number of esters is 1. The van der Waals surface area contributed by atoms with E-state index >= 15 is 0 Å². The number of aromatic hydroxyl groups is 1. The van der Waals surface area contributed by atoms with Gasteiger partial charge >= 0.3 is 12.0 Å². The molecule has 158 valence electrons. The third kappa shape index (κ3) is 4.96. The number of amides is 2. The van der Waals surface area contributed by atoms with Crippen molar-refractivity contribution >= 4 is 23.6 Å². The summed E-state index contributed by atoms with van der Waals surface area (Å²) in [6, 6.07) is 1.86. The minimum Gasteiger partial charge on any atom is -0.503 e. The highest BCUT2D eigenvalue weighted by atomic mass is 35.5. The lowest BCUT2D eigenvalue weighted by atomic mass is 9.94. The number of benzene rings is 1. The summed E-state index contributed by atoms with van der Waals surface area (Å²) < 4.78 is 11.0. The van der Waals surface area contributed by atoms with Crippen LogP contribution in [0.25, 0.3) is 0 Å². The van der Waals surface area contributed by atoms with Gasteiger partial charge in [-0.15, -0.1) is 0 Å². The van der Waals surface area contributed by atoms with Gasteiger partial charge in [-0.2, -0.15) is 0 Å². The SMILES string of the molecule is COc1cc(C2NC(=O)NC(C)=C2C(=O)OC2CCCCCCC2)cc(Cl)c1O. The van der Waals surface area contributed by atoms with Crippen LogP contribution in [0.1, 0.15) is 63.5 Å². The minimum atomic E-state index is -0.767. The molecule has 0 aromatic heterocycles. The van der Waals surface area contributed by atoms with E-state index in [0.717, 1.165) is 38.5 Å². The van der Waals surface area contributed by atoms with Crippen LogP contribution in [0.4, 0.5) is 4.79 Å². The summed E-state index contributed by atoms with van der Waals surface area (Å²) in [5.74, 6) is -0.503. The topological polar surface area (TPSA) is 96.9 Å². The van der Waals surface area contributed by atoms with Crippen molar-refractivity contribution in [3.63, 3.8) is 0 Å². The van der Waals surface area contributed by atoms with Crippen LogP contribution < -0.4 is 15.4 Å². The molecular weight excluding hydrogens is 396 g/mol. The number of phenols is 1. The number of carbonyl (C=O) groups excluding carboxylic acids is 2. The largest absolute Gasteiger partial charge is 0.503 e. The fourth-order valence-electron chi connectivity index (χ4n) is 3.88. The van der Waals surface area contributed by atoms with Crippen molar-refractivity contribution in [2.45, 2.75) is 64.0 Å². The summed E-state index contributed by atoms with van der Waals surface area (Å²) >= 11 is 6.12. The number of phenolic OH excluding ortho intramolecular Hbond substituents is 1. The first kappa shape index (κ1) is 21.3. The highest BCUT2D eigenvalue weighted by molar-refractivity contribution is 6.32. The monoisotopic (exact) mass is 422 g/mol. The molecule has 0 radical (unpaired) electrons. The first-order chi connectivity index (χ1) is 13.9. The highest BCUT2D eigenvalue weighted by Gasteiger charge is 2.34. The first-order valence-corrected chi connectivity index (χ1v) is 10.3. The van der Waals surface area contributed by atoms with Crippen LogP contribution >= 0.6 is 11.6 Å². The first-order valence-electron chi connectivity index (χ1n) is 9.96. The Hall–Kier alpha value is -2.41. The minimum absolute atomic E-state index is 0.0671. The number of methoxy groups -OCH3 is 1. The molecule has 1 aliphatic heterocycles. The van der Waals surface area contributed by atoms with E-state index in [1.54, 1.807) is 13.0 Å². The fraction of sp³-hybridized carbons (Fsp3) is 0.524. The van der Waals surface area contributed by atoms with E-state index in [9.17, 15) is 14.7 Å². The zero-order valence-electron chi connectivity index (χ0n) is 16.7. The summed E-state index contributed by atoms with van der Waals surface area (Å²) in [6.45, 7) is 1.67. The summed E-state index contributed by atoms with van der Waals surface area (Å²) in [5, 5.41) is 15.5. The molecule has 1 aliphatic carbocycles. The van der Waals surface area contributed by atoms with E-state index in [1.165, 1.54) is 19.6 Å². The number of hydrogen-bond acceptors (Lipinski definition) is 5. The predicted octanol–water partition coefficient (Wildman–Crippen LogP) is 4.34. The number of rotatable bonds is 4. The Morgan fingerprint density at radius 2 is 1.83 bits per heavy atom. The lowest BCUT2D eigenvalue weighted by molar-refractivity contribution is -0.145. The number of carbonyl (C=O) groups is 2. The molecule has 7 nitrogen and oxygen atoms in total. The summed E-state index contributed by atoms with van der Waals surface area (Å²) in [7, 11) is 1.40. The molecule has 0 bridgehead atoms. The maximum atomic E-state index is 13.1. The van der Waals surface area contributed by atoms with Crippen LogP contribution in [0, 0.1) is 0 Å². The third-order valence-corrected chi connectivity index (χ3v) is 5.71. The normalized spacial score (nSPS) is 20.9. The lowest BCUT2D eigenvalue weighted by Crippen LogP contribution is -2.45. The van der Waals surface area contributed by atoms with Crippen molar-refractivity contribution in [3.05, 3.63) is 34.0 Å². The van der Waals surface area contributed by atoms with Crippen molar-refractivity contribution in [1.82, 2.24) is 10.6 Å². The van der Waals surface area contributed by atoms with Gasteiger partial charge in [-0.3, -0.25) is 0 Å². The predicted molar refractivity (Wildman–Crippen MR) is 109 cm³/mol. The van der Waals surface area contributed by atoms with Crippen LogP contribution in [0.15, 0.2) is 23.4 Å². The molecule has 2 aliphatic rings. The van der Waals surface area contributed by atoms with E-state index in [1.807, 2.05) is 0 Å². The zero-order chi connectivity index (χ0) is 21.0. The molecule has 0 saturated heterocycles. The number of hydrogen-bond donors (Lipinski definition) is 3. The van der Waals surface area contributed by atoms with Gasteiger partial charge < -0.3 is 25.2 Å². The maximum absolute atomic E-state index is 13.1. The molecule has 1 saturated carbocycles. The van der Waals surface area contributed by atoms with Gasteiger partial charge in [-0.1, -0.05) is 30.9 Å². The molecule has 8 heteroatoms. The molecule has 1 heterocycles. The Labute approximate surface area is 175 Å². The third-order valence-electron chi connectivity index (χ3n) is 5.42. The molecule has 1 unspecified atom stereocenters. The van der Waals surface area contributed by atoms with Crippen molar-refractivity contribution in [3.8, 4) is 11.5 Å². The quantitative estimate of drug-likeness (QED) is 0.627. The molecule has 3 rings (SSSR count). The molecule has 2 amide bonds. The number of ether oxygens (including phenoxy) is 2. The van der Waals surface area contributed by atoms with Gasteiger partial charge in [0.25, 0.3) is 0 Å². The van der Waals surface area contributed by atoms with Crippen LogP contribution in [0.3, 0.4) is 0 Å². The van der Waals surface area contributed by atoms with Gasteiger partial charge in [-0.25, -0.2) is 9.59 Å². The molecular formula is C21H27ClN2O5. The van der Waals surface area contributed by atoms with Crippen LogP contribution in [0.2, 0.25) is 5.02 Å². The average Bonchev–Trinajstić information content (AvgIpc) is 2.65. The molecule has 0 spiro atoms. The summed E-state index contributed by atoms with van der Waals surface area (Å²) in [5.41, 5.74) is 1.26. The second-order valence-corrected chi connectivity index (χ2v) is 7.90. The van der Waals surface area contributed by atoms with Crippen molar-refractivity contribution < 1.29 is 24.2 Å². The molecule has 3 N–H and O–H groups in total. The van der Waals surface area contributed by atoms with E-state index in [4.69, 9.17) is 21.1 Å². The van der Waals surface area contributed by atoms with Crippen molar-refractivity contribution in [1.29, 1.82) is 0 Å². The van der Waals surface area contributed by atoms with E-state index in [0.29, 0.717) is 16.8 Å². The molecule has 1 aromatic rings. The Bertz CT molecular complexity index is 816. The molecule has 1 atom stereocenters. The Morgan fingerprint density at radius 1 is 1.17 bits per heavy atom. The second-order valence-electron chi connectivity index (χ2n) is 7.50. The van der Waals surface area contributed by atoms with Crippen LogP contribution in [-0.2, 0) is 9.53 Å². The van der Waals surface area contributed by atoms with Crippen molar-refractivity contribution in [2.24, 2.45) is 0 Å². The zero-order valence-corrected chi connectivity index (χ0v) is 17.5. The summed E-state index contributed by atoms with van der Waals surface area (Å²) in [6.07, 6.45) is 7.19.